The first kappa shape index (κ1) is 22.8. The lowest BCUT2D eigenvalue weighted by molar-refractivity contribution is 0.482. The molecule has 1 unspecified atom stereocenters. The van der Waals surface area contributed by atoms with Gasteiger partial charge >= 0.3 is 0 Å². The molecule has 1 aromatic carbocycles. The second-order valence-electron chi connectivity index (χ2n) is 8.19. The van der Waals surface area contributed by atoms with Crippen LogP contribution in [0.2, 0.25) is 0 Å². The van der Waals surface area contributed by atoms with Gasteiger partial charge in [-0.15, -0.1) is 18.3 Å². The Bertz CT molecular complexity index is 1430. The molecule has 1 saturated heterocycles. The standard InChI is InChI=1S/C23H25N7O2.ClH/c1-3-4-10-29-21-18(27-23(29)28-9-5-6-16(24)13-28)12-25-30(22(21)31)14-20-26-17-8-7-15(2)11-19(17)32-20;/h7-8,11-12,16H,5-6,9-10,13-14,24H2,1-2H3;1H. The summed E-state index contributed by atoms with van der Waals surface area (Å²) in [6, 6.07) is 5.91. The number of fused-ring (bicyclic) bond motifs is 2. The second kappa shape index (κ2) is 9.25. The van der Waals surface area contributed by atoms with Crippen molar-refractivity contribution in [2.24, 2.45) is 5.73 Å². The summed E-state index contributed by atoms with van der Waals surface area (Å²) < 4.78 is 9.09. The van der Waals surface area contributed by atoms with Gasteiger partial charge in [-0.2, -0.15) is 5.10 Å². The SMILES string of the molecule is CC#CCn1c(N2CCCC(N)C2)nc2cnn(Cc3nc4ccc(C)cc4o3)c(=O)c21.Cl. The molecule has 1 atom stereocenters. The number of benzene rings is 1. The summed E-state index contributed by atoms with van der Waals surface area (Å²) in [5.74, 6) is 7.13. The van der Waals surface area contributed by atoms with Gasteiger partial charge in [-0.1, -0.05) is 12.0 Å². The number of aryl methyl sites for hydroxylation is 1. The van der Waals surface area contributed by atoms with Crippen molar-refractivity contribution in [1.82, 2.24) is 24.3 Å². The quantitative estimate of drug-likeness (QED) is 0.459. The lowest BCUT2D eigenvalue weighted by atomic mass is 10.1. The smallest absolute Gasteiger partial charge is 0.293 e. The van der Waals surface area contributed by atoms with Crippen molar-refractivity contribution in [3.63, 3.8) is 0 Å². The van der Waals surface area contributed by atoms with Gasteiger partial charge in [-0.05, 0) is 44.4 Å². The first-order valence-corrected chi connectivity index (χ1v) is 10.8. The summed E-state index contributed by atoms with van der Waals surface area (Å²) in [6.45, 7) is 5.83. The Morgan fingerprint density at radius 2 is 2.12 bits per heavy atom. The molecule has 1 aliphatic heterocycles. The molecule has 3 aromatic heterocycles. The molecule has 0 radical (unpaired) electrons. The average molecular weight is 468 g/mol. The van der Waals surface area contributed by atoms with E-state index in [1.165, 1.54) is 4.68 Å². The van der Waals surface area contributed by atoms with Crippen molar-refractivity contribution in [3.8, 4) is 11.8 Å². The molecule has 4 heterocycles. The fourth-order valence-electron chi connectivity index (χ4n) is 4.20. The largest absolute Gasteiger partial charge is 0.439 e. The Hall–Kier alpha value is -3.35. The van der Waals surface area contributed by atoms with Crippen LogP contribution < -0.4 is 16.2 Å². The number of nitrogens with zero attached hydrogens (tertiary/aromatic N) is 6. The van der Waals surface area contributed by atoms with Crippen LogP contribution in [0.1, 0.15) is 31.2 Å². The molecule has 0 aliphatic carbocycles. The third-order valence-electron chi connectivity index (χ3n) is 5.76. The predicted octanol–water partition coefficient (Wildman–Crippen LogP) is 2.46. The molecule has 1 fully saturated rings. The molecule has 10 heteroatoms. The number of aromatic nitrogens is 5. The van der Waals surface area contributed by atoms with Crippen LogP contribution in [0.3, 0.4) is 0 Å². The maximum absolute atomic E-state index is 13.4. The number of anilines is 1. The third-order valence-corrected chi connectivity index (χ3v) is 5.76. The molecule has 0 saturated carbocycles. The molecule has 2 N–H and O–H groups in total. The van der Waals surface area contributed by atoms with E-state index in [9.17, 15) is 4.79 Å². The zero-order valence-electron chi connectivity index (χ0n) is 18.6. The van der Waals surface area contributed by atoms with Crippen molar-refractivity contribution in [2.45, 2.75) is 45.8 Å². The fourth-order valence-corrected chi connectivity index (χ4v) is 4.20. The topological polar surface area (TPSA) is 108 Å². The number of halogens is 1. The molecule has 0 amide bonds. The number of nitrogens with two attached hydrogens (primary N) is 1. The number of hydrogen-bond donors (Lipinski definition) is 1. The summed E-state index contributed by atoms with van der Waals surface area (Å²) in [6.07, 6.45) is 3.60. The highest BCUT2D eigenvalue weighted by Crippen LogP contribution is 2.23. The van der Waals surface area contributed by atoms with E-state index in [4.69, 9.17) is 15.1 Å². The van der Waals surface area contributed by atoms with Gasteiger partial charge in [0.05, 0.1) is 12.7 Å². The maximum Gasteiger partial charge on any atom is 0.293 e. The molecular formula is C23H26ClN7O2. The van der Waals surface area contributed by atoms with Crippen LogP contribution in [0.25, 0.3) is 22.1 Å². The fraction of sp³-hybridized carbons (Fsp3) is 0.391. The molecule has 9 nitrogen and oxygen atoms in total. The van der Waals surface area contributed by atoms with Gasteiger partial charge in [0.25, 0.3) is 5.56 Å². The van der Waals surface area contributed by atoms with Gasteiger partial charge in [0.15, 0.2) is 5.58 Å². The van der Waals surface area contributed by atoms with Gasteiger partial charge in [0.2, 0.25) is 11.8 Å². The highest BCUT2D eigenvalue weighted by molar-refractivity contribution is 5.85. The van der Waals surface area contributed by atoms with Crippen LogP contribution in [-0.2, 0) is 13.1 Å². The molecule has 0 bridgehead atoms. The zero-order valence-corrected chi connectivity index (χ0v) is 19.4. The molecule has 5 rings (SSSR count). The number of oxazole rings is 1. The number of hydrogen-bond acceptors (Lipinski definition) is 7. The van der Waals surface area contributed by atoms with Crippen LogP contribution in [0.5, 0.6) is 0 Å². The first-order chi connectivity index (χ1) is 15.5. The maximum atomic E-state index is 13.4. The van der Waals surface area contributed by atoms with Gasteiger partial charge in [-0.3, -0.25) is 9.36 Å². The first-order valence-electron chi connectivity index (χ1n) is 10.8. The summed E-state index contributed by atoms with van der Waals surface area (Å²) in [5, 5.41) is 4.33. The van der Waals surface area contributed by atoms with E-state index in [-0.39, 0.29) is 30.6 Å². The molecule has 4 aromatic rings. The Morgan fingerprint density at radius 3 is 2.91 bits per heavy atom. The molecule has 0 spiro atoms. The second-order valence-corrected chi connectivity index (χ2v) is 8.19. The van der Waals surface area contributed by atoms with Gasteiger partial charge < -0.3 is 15.1 Å². The van der Waals surface area contributed by atoms with Crippen LogP contribution in [0.15, 0.2) is 33.6 Å². The summed E-state index contributed by atoms with van der Waals surface area (Å²) in [5.41, 5.74) is 9.50. The lowest BCUT2D eigenvalue weighted by Crippen LogP contribution is -2.44. The Morgan fingerprint density at radius 1 is 1.27 bits per heavy atom. The van der Waals surface area contributed by atoms with E-state index >= 15 is 0 Å². The van der Waals surface area contributed by atoms with Crippen LogP contribution >= 0.6 is 12.4 Å². The highest BCUT2D eigenvalue weighted by atomic mass is 35.5. The van der Waals surface area contributed by atoms with Gasteiger partial charge in [0, 0.05) is 19.1 Å². The minimum absolute atomic E-state index is 0. The monoisotopic (exact) mass is 467 g/mol. The minimum atomic E-state index is -0.251. The Kier molecular flexibility index (Phi) is 6.40. The molecule has 1 aliphatic rings. The van der Waals surface area contributed by atoms with E-state index < -0.39 is 0 Å². The Balaban J connectivity index is 0.00000259. The van der Waals surface area contributed by atoms with Crippen molar-refractivity contribution >= 4 is 40.5 Å². The van der Waals surface area contributed by atoms with Crippen molar-refractivity contribution in [2.75, 3.05) is 18.0 Å². The van der Waals surface area contributed by atoms with Crippen molar-refractivity contribution in [3.05, 3.63) is 46.2 Å². The van der Waals surface area contributed by atoms with Gasteiger partial charge in [-0.25, -0.2) is 14.6 Å². The molecule has 33 heavy (non-hydrogen) atoms. The van der Waals surface area contributed by atoms with Crippen molar-refractivity contribution < 1.29 is 4.42 Å². The lowest BCUT2D eigenvalue weighted by Gasteiger charge is -2.31. The average Bonchev–Trinajstić information content (AvgIpc) is 3.35. The summed E-state index contributed by atoms with van der Waals surface area (Å²) in [7, 11) is 0. The predicted molar refractivity (Wildman–Crippen MR) is 130 cm³/mol. The molecular weight excluding hydrogens is 442 g/mol. The molecule has 172 valence electrons. The van der Waals surface area contributed by atoms with Crippen molar-refractivity contribution in [1.29, 1.82) is 0 Å². The zero-order chi connectivity index (χ0) is 22.2. The van der Waals surface area contributed by atoms with Crippen LogP contribution in [0, 0.1) is 18.8 Å². The Labute approximate surface area is 197 Å². The number of rotatable bonds is 4. The highest BCUT2D eigenvalue weighted by Gasteiger charge is 2.24. The number of imidazole rings is 1. The van der Waals surface area contributed by atoms with Crippen LogP contribution in [0.4, 0.5) is 5.95 Å². The van der Waals surface area contributed by atoms with E-state index in [1.807, 2.05) is 29.7 Å². The van der Waals surface area contributed by atoms with E-state index in [0.717, 1.165) is 30.5 Å². The van der Waals surface area contributed by atoms with E-state index in [2.05, 4.69) is 26.8 Å². The third kappa shape index (κ3) is 4.32. The normalized spacial score (nSPS) is 16.0. The van der Waals surface area contributed by atoms with E-state index in [1.54, 1.807) is 13.1 Å². The summed E-state index contributed by atoms with van der Waals surface area (Å²) >= 11 is 0. The van der Waals surface area contributed by atoms with Gasteiger partial charge in [0.1, 0.15) is 23.1 Å². The summed E-state index contributed by atoms with van der Waals surface area (Å²) in [4.78, 5) is 24.8. The van der Waals surface area contributed by atoms with Crippen LogP contribution in [-0.4, -0.2) is 43.4 Å². The minimum Gasteiger partial charge on any atom is -0.439 e. The van der Waals surface area contributed by atoms with E-state index in [0.29, 0.717) is 41.5 Å². The number of piperidine rings is 1.